The van der Waals surface area contributed by atoms with Gasteiger partial charge in [-0.3, -0.25) is 0 Å². The van der Waals surface area contributed by atoms with Crippen molar-refractivity contribution in [3.8, 4) is 0 Å². The molecular weight excluding hydrogens is 204 g/mol. The number of rotatable bonds is 11. The summed E-state index contributed by atoms with van der Waals surface area (Å²) >= 11 is 1.75. The fraction of sp³-hybridized carbons (Fsp3) is 0.846. The molecule has 2 heteroatoms. The summed E-state index contributed by atoms with van der Waals surface area (Å²) in [6.45, 7) is 6.03. The van der Waals surface area contributed by atoms with Crippen LogP contribution in [0.15, 0.2) is 12.7 Å². The lowest BCUT2D eigenvalue weighted by molar-refractivity contribution is 0.0835. The third kappa shape index (κ3) is 10.3. The molecule has 0 aromatic carbocycles. The third-order valence-electron chi connectivity index (χ3n) is 2.48. The first-order chi connectivity index (χ1) is 7.35. The van der Waals surface area contributed by atoms with E-state index in [0.29, 0.717) is 6.10 Å². The van der Waals surface area contributed by atoms with Gasteiger partial charge in [-0.25, -0.2) is 0 Å². The van der Waals surface area contributed by atoms with Gasteiger partial charge in [0, 0.05) is 0 Å². The number of ether oxygens (including phenoxy) is 1. The van der Waals surface area contributed by atoms with Crippen LogP contribution in [0.5, 0.6) is 0 Å². The van der Waals surface area contributed by atoms with Crippen molar-refractivity contribution in [2.75, 3.05) is 12.2 Å². The van der Waals surface area contributed by atoms with Crippen LogP contribution >= 0.6 is 11.8 Å². The number of thioether (sulfide) groups is 1. The van der Waals surface area contributed by atoms with Crippen LogP contribution in [-0.2, 0) is 4.74 Å². The number of unbranched alkanes of at least 4 members (excludes halogenated alkanes) is 4. The Morgan fingerprint density at radius 1 is 1.27 bits per heavy atom. The van der Waals surface area contributed by atoms with Crippen LogP contribution in [0.4, 0.5) is 0 Å². The second kappa shape index (κ2) is 12.1. The summed E-state index contributed by atoms with van der Waals surface area (Å²) in [6, 6.07) is 0. The number of hydrogen-bond acceptors (Lipinski definition) is 2. The Hall–Kier alpha value is 0.0500. The maximum atomic E-state index is 5.73. The molecule has 0 spiro atoms. The lowest BCUT2D eigenvalue weighted by Crippen LogP contribution is -2.11. The van der Waals surface area contributed by atoms with Gasteiger partial charge in [0.1, 0.15) is 0 Å². The van der Waals surface area contributed by atoms with E-state index in [1.807, 2.05) is 6.08 Å². The molecule has 90 valence electrons. The molecule has 0 saturated carbocycles. The molecule has 0 saturated heterocycles. The van der Waals surface area contributed by atoms with Gasteiger partial charge in [0.2, 0.25) is 0 Å². The van der Waals surface area contributed by atoms with Gasteiger partial charge in [-0.15, -0.1) is 18.3 Å². The summed E-state index contributed by atoms with van der Waals surface area (Å²) in [5, 5.41) is 0. The van der Waals surface area contributed by atoms with Crippen LogP contribution in [-0.4, -0.2) is 18.3 Å². The van der Waals surface area contributed by atoms with Crippen molar-refractivity contribution in [3.05, 3.63) is 12.7 Å². The smallest absolute Gasteiger partial charge is 0.0922 e. The van der Waals surface area contributed by atoms with Gasteiger partial charge in [0.15, 0.2) is 0 Å². The van der Waals surface area contributed by atoms with E-state index in [1.54, 1.807) is 11.8 Å². The van der Waals surface area contributed by atoms with Crippen molar-refractivity contribution in [2.45, 2.75) is 58.0 Å². The minimum Gasteiger partial charge on any atom is -0.367 e. The Morgan fingerprint density at radius 2 is 2.00 bits per heavy atom. The zero-order chi connectivity index (χ0) is 11.4. The van der Waals surface area contributed by atoms with Crippen molar-refractivity contribution >= 4 is 11.8 Å². The van der Waals surface area contributed by atoms with Crippen molar-refractivity contribution < 1.29 is 4.74 Å². The topological polar surface area (TPSA) is 9.23 Å². The van der Waals surface area contributed by atoms with Gasteiger partial charge in [-0.1, -0.05) is 45.1 Å². The fourth-order valence-corrected chi connectivity index (χ4v) is 1.92. The molecule has 0 amide bonds. The minimum absolute atomic E-state index is 0.400. The average molecular weight is 230 g/mol. The highest BCUT2D eigenvalue weighted by Crippen LogP contribution is 2.13. The maximum Gasteiger partial charge on any atom is 0.0922 e. The quantitative estimate of drug-likeness (QED) is 0.291. The first kappa shape index (κ1) is 15.0. The Labute approximate surface area is 99.7 Å². The summed E-state index contributed by atoms with van der Waals surface area (Å²) in [5.74, 6) is 0.813. The molecule has 0 aromatic heterocycles. The molecule has 1 unspecified atom stereocenters. The molecule has 0 fully saturated rings. The molecule has 0 aliphatic heterocycles. The summed E-state index contributed by atoms with van der Waals surface area (Å²) in [6.07, 6.45) is 13.3. The Bertz CT molecular complexity index is 136. The molecule has 1 atom stereocenters. The van der Waals surface area contributed by atoms with Crippen molar-refractivity contribution in [1.82, 2.24) is 0 Å². The van der Waals surface area contributed by atoms with E-state index in [4.69, 9.17) is 4.74 Å². The van der Waals surface area contributed by atoms with Crippen LogP contribution in [0.2, 0.25) is 0 Å². The predicted molar refractivity (Wildman–Crippen MR) is 71.4 cm³/mol. The van der Waals surface area contributed by atoms with Gasteiger partial charge in [-0.05, 0) is 19.1 Å². The van der Waals surface area contributed by atoms with E-state index in [1.165, 1.54) is 38.5 Å². The Balaban J connectivity index is 3.42. The van der Waals surface area contributed by atoms with Gasteiger partial charge in [-0.2, -0.15) is 0 Å². The van der Waals surface area contributed by atoms with Gasteiger partial charge in [0.25, 0.3) is 0 Å². The molecule has 0 aliphatic carbocycles. The monoisotopic (exact) mass is 230 g/mol. The van der Waals surface area contributed by atoms with E-state index in [9.17, 15) is 0 Å². The molecule has 0 heterocycles. The highest BCUT2D eigenvalue weighted by atomic mass is 32.2. The largest absolute Gasteiger partial charge is 0.367 e. The molecule has 0 aliphatic rings. The molecule has 0 radical (unpaired) electrons. The Morgan fingerprint density at radius 3 is 2.60 bits per heavy atom. The maximum absolute atomic E-state index is 5.73. The average Bonchev–Trinajstić information content (AvgIpc) is 2.25. The first-order valence-electron chi connectivity index (χ1n) is 6.06. The zero-order valence-corrected chi connectivity index (χ0v) is 11.2. The van der Waals surface area contributed by atoms with Crippen molar-refractivity contribution in [1.29, 1.82) is 0 Å². The van der Waals surface area contributed by atoms with Gasteiger partial charge in [0.05, 0.1) is 12.0 Å². The van der Waals surface area contributed by atoms with E-state index < -0.39 is 0 Å². The molecule has 1 nitrogen and oxygen atoms in total. The lowest BCUT2D eigenvalue weighted by atomic mass is 10.1. The van der Waals surface area contributed by atoms with E-state index in [-0.39, 0.29) is 0 Å². The molecule has 0 aromatic rings. The second-order valence-corrected chi connectivity index (χ2v) is 4.74. The first-order valence-corrected chi connectivity index (χ1v) is 7.46. The highest BCUT2D eigenvalue weighted by molar-refractivity contribution is 7.98. The minimum atomic E-state index is 0.400. The Kier molecular flexibility index (Phi) is 12.2. The third-order valence-corrected chi connectivity index (χ3v) is 2.85. The van der Waals surface area contributed by atoms with E-state index in [2.05, 4.69) is 19.8 Å². The van der Waals surface area contributed by atoms with E-state index >= 15 is 0 Å². The zero-order valence-electron chi connectivity index (χ0n) is 10.3. The number of hydrogen-bond donors (Lipinski definition) is 0. The lowest BCUT2D eigenvalue weighted by Gasteiger charge is -2.15. The van der Waals surface area contributed by atoms with E-state index in [0.717, 1.165) is 12.4 Å². The predicted octanol–water partition coefficient (Wildman–Crippen LogP) is 4.63. The molecule has 0 rings (SSSR count). The van der Waals surface area contributed by atoms with Crippen LogP contribution in [0.3, 0.4) is 0 Å². The fourth-order valence-electron chi connectivity index (χ4n) is 1.59. The second-order valence-electron chi connectivity index (χ2n) is 3.92. The van der Waals surface area contributed by atoms with Gasteiger partial charge >= 0.3 is 0 Å². The van der Waals surface area contributed by atoms with Crippen LogP contribution in [0.1, 0.15) is 51.9 Å². The van der Waals surface area contributed by atoms with Crippen molar-refractivity contribution in [3.63, 3.8) is 0 Å². The molecule has 0 N–H and O–H groups in total. The summed E-state index contributed by atoms with van der Waals surface area (Å²) in [7, 11) is 0. The van der Waals surface area contributed by atoms with Crippen molar-refractivity contribution in [2.24, 2.45) is 0 Å². The summed E-state index contributed by atoms with van der Waals surface area (Å²) < 4.78 is 5.73. The molecule has 0 bridgehead atoms. The van der Waals surface area contributed by atoms with Crippen LogP contribution in [0, 0.1) is 0 Å². The molecule has 15 heavy (non-hydrogen) atoms. The van der Waals surface area contributed by atoms with Gasteiger partial charge < -0.3 is 4.74 Å². The molecular formula is C13H26OS. The summed E-state index contributed by atoms with van der Waals surface area (Å²) in [4.78, 5) is 0. The van der Waals surface area contributed by atoms with Crippen LogP contribution in [0.25, 0.3) is 0 Å². The SMILES string of the molecule is C=CCC(CCCCCCC)OCSC. The highest BCUT2D eigenvalue weighted by Gasteiger charge is 2.06. The summed E-state index contributed by atoms with van der Waals surface area (Å²) in [5.41, 5.74) is 0. The standard InChI is InChI=1S/C13H26OS/c1-4-6-7-8-9-11-13(10-5-2)14-12-15-3/h5,13H,2,4,6-12H2,1,3H3. The normalized spacial score (nSPS) is 12.7. The van der Waals surface area contributed by atoms with Crippen LogP contribution < -0.4 is 0 Å².